The van der Waals surface area contributed by atoms with Crippen molar-refractivity contribution in [3.8, 4) is 5.75 Å². The quantitative estimate of drug-likeness (QED) is 0.760. The summed E-state index contributed by atoms with van der Waals surface area (Å²) in [6.07, 6.45) is 3.21. The van der Waals surface area contributed by atoms with Gasteiger partial charge in [-0.25, -0.2) is 15.0 Å². The number of anilines is 1. The van der Waals surface area contributed by atoms with E-state index in [0.717, 1.165) is 22.3 Å². The highest BCUT2D eigenvalue weighted by Crippen LogP contribution is 2.23. The molecular weight excluding hydrogens is 254 g/mol. The zero-order chi connectivity index (χ0) is 14.1. The average Bonchev–Trinajstić information content (AvgIpc) is 2.83. The van der Waals surface area contributed by atoms with Gasteiger partial charge in [0.1, 0.15) is 17.6 Å². The van der Waals surface area contributed by atoms with Crippen molar-refractivity contribution in [2.24, 2.45) is 7.05 Å². The van der Waals surface area contributed by atoms with Crippen molar-refractivity contribution in [2.45, 2.75) is 13.5 Å². The molecule has 0 fully saturated rings. The number of nitrogens with zero attached hydrogens (tertiary/aromatic N) is 4. The summed E-state index contributed by atoms with van der Waals surface area (Å²) in [6, 6.07) is 5.68. The van der Waals surface area contributed by atoms with E-state index in [1.165, 1.54) is 6.33 Å². The van der Waals surface area contributed by atoms with E-state index in [1.54, 1.807) is 6.33 Å². The van der Waals surface area contributed by atoms with Gasteiger partial charge in [-0.05, 0) is 12.5 Å². The second kappa shape index (κ2) is 4.80. The van der Waals surface area contributed by atoms with E-state index in [1.807, 2.05) is 36.7 Å². The third kappa shape index (κ3) is 2.05. The fourth-order valence-corrected chi connectivity index (χ4v) is 2.12. The Labute approximate surface area is 116 Å². The standard InChI is InChI=1S/C14H15N5O/c1-9-4-3-5-10(12(9)20)6-15-13-11-14(17-7-16-13)19(2)8-18-11/h3-5,7-8,20H,6H2,1-2H3,(H,15,16,17). The molecule has 3 rings (SSSR count). The van der Waals surface area contributed by atoms with Crippen LogP contribution in [-0.2, 0) is 13.6 Å². The number of phenolic OH excluding ortho intramolecular Hbond substituents is 1. The second-order valence-electron chi connectivity index (χ2n) is 4.69. The Morgan fingerprint density at radius 2 is 2.10 bits per heavy atom. The van der Waals surface area contributed by atoms with Gasteiger partial charge in [0, 0.05) is 19.2 Å². The van der Waals surface area contributed by atoms with Crippen LogP contribution in [0.2, 0.25) is 0 Å². The number of phenols is 1. The number of hydrogen-bond acceptors (Lipinski definition) is 5. The van der Waals surface area contributed by atoms with Crippen molar-refractivity contribution in [1.29, 1.82) is 0 Å². The van der Waals surface area contributed by atoms with E-state index in [0.29, 0.717) is 18.1 Å². The van der Waals surface area contributed by atoms with Crippen molar-refractivity contribution < 1.29 is 5.11 Å². The monoisotopic (exact) mass is 269 g/mol. The van der Waals surface area contributed by atoms with Gasteiger partial charge in [-0.15, -0.1) is 0 Å². The van der Waals surface area contributed by atoms with Crippen LogP contribution in [0.25, 0.3) is 11.2 Å². The molecule has 0 bridgehead atoms. The number of aromatic hydroxyl groups is 1. The number of rotatable bonds is 3. The normalized spacial score (nSPS) is 10.9. The molecule has 0 radical (unpaired) electrons. The summed E-state index contributed by atoms with van der Waals surface area (Å²) >= 11 is 0. The first-order valence-corrected chi connectivity index (χ1v) is 6.30. The van der Waals surface area contributed by atoms with Crippen molar-refractivity contribution >= 4 is 17.0 Å². The molecule has 1 aromatic carbocycles. The molecular formula is C14H15N5O. The summed E-state index contributed by atoms with van der Waals surface area (Å²) < 4.78 is 1.84. The Morgan fingerprint density at radius 1 is 1.25 bits per heavy atom. The van der Waals surface area contributed by atoms with Gasteiger partial charge < -0.3 is 15.0 Å². The van der Waals surface area contributed by atoms with Gasteiger partial charge in [-0.2, -0.15) is 0 Å². The zero-order valence-electron chi connectivity index (χ0n) is 11.3. The first kappa shape index (κ1) is 12.4. The minimum absolute atomic E-state index is 0.311. The Bertz CT molecular complexity index is 765. The van der Waals surface area contributed by atoms with Crippen LogP contribution in [0.1, 0.15) is 11.1 Å². The molecule has 0 unspecified atom stereocenters. The van der Waals surface area contributed by atoms with E-state index in [2.05, 4.69) is 20.3 Å². The van der Waals surface area contributed by atoms with Gasteiger partial charge in [-0.3, -0.25) is 0 Å². The number of hydrogen-bond donors (Lipinski definition) is 2. The minimum Gasteiger partial charge on any atom is -0.507 e. The lowest BCUT2D eigenvalue weighted by Gasteiger charge is -2.09. The molecule has 0 saturated heterocycles. The topological polar surface area (TPSA) is 75.9 Å². The highest BCUT2D eigenvalue weighted by molar-refractivity contribution is 5.82. The maximum Gasteiger partial charge on any atom is 0.165 e. The second-order valence-corrected chi connectivity index (χ2v) is 4.69. The first-order chi connectivity index (χ1) is 9.66. The fraction of sp³-hybridized carbons (Fsp3) is 0.214. The predicted octanol–water partition coefficient (Wildman–Crippen LogP) is 1.99. The van der Waals surface area contributed by atoms with Crippen LogP contribution in [0.5, 0.6) is 5.75 Å². The summed E-state index contributed by atoms with van der Waals surface area (Å²) in [5, 5.41) is 13.2. The van der Waals surface area contributed by atoms with E-state index in [-0.39, 0.29) is 0 Å². The number of para-hydroxylation sites is 1. The lowest BCUT2D eigenvalue weighted by molar-refractivity contribution is 0.465. The van der Waals surface area contributed by atoms with Crippen molar-refractivity contribution in [2.75, 3.05) is 5.32 Å². The maximum atomic E-state index is 10.0. The number of aromatic nitrogens is 4. The lowest BCUT2D eigenvalue weighted by atomic mass is 10.1. The van der Waals surface area contributed by atoms with Crippen molar-refractivity contribution in [3.05, 3.63) is 42.0 Å². The number of benzene rings is 1. The molecule has 6 nitrogen and oxygen atoms in total. The molecule has 0 saturated carbocycles. The average molecular weight is 269 g/mol. The predicted molar refractivity (Wildman–Crippen MR) is 76.5 cm³/mol. The summed E-state index contributed by atoms with van der Waals surface area (Å²) in [6.45, 7) is 2.36. The summed E-state index contributed by atoms with van der Waals surface area (Å²) in [5.41, 5.74) is 3.18. The van der Waals surface area contributed by atoms with Gasteiger partial charge >= 0.3 is 0 Å². The first-order valence-electron chi connectivity index (χ1n) is 6.30. The summed E-state index contributed by atoms with van der Waals surface area (Å²) in [4.78, 5) is 12.7. The van der Waals surface area contributed by atoms with Crippen LogP contribution < -0.4 is 5.32 Å². The molecule has 0 aliphatic carbocycles. The van der Waals surface area contributed by atoms with Crippen LogP contribution in [0.15, 0.2) is 30.9 Å². The summed E-state index contributed by atoms with van der Waals surface area (Å²) in [7, 11) is 1.89. The maximum absolute atomic E-state index is 10.0. The number of nitrogens with one attached hydrogen (secondary N) is 1. The molecule has 20 heavy (non-hydrogen) atoms. The van der Waals surface area contributed by atoms with Crippen LogP contribution in [0, 0.1) is 6.92 Å². The summed E-state index contributed by atoms with van der Waals surface area (Å²) in [5.74, 6) is 0.975. The van der Waals surface area contributed by atoms with Gasteiger partial charge in [0.15, 0.2) is 11.5 Å². The Balaban J connectivity index is 1.89. The molecule has 0 amide bonds. The van der Waals surface area contributed by atoms with Gasteiger partial charge in [0.25, 0.3) is 0 Å². The largest absolute Gasteiger partial charge is 0.507 e. The molecule has 3 aromatic rings. The Morgan fingerprint density at radius 3 is 2.95 bits per heavy atom. The molecule has 2 heterocycles. The molecule has 102 valence electrons. The molecule has 0 aliphatic rings. The highest BCUT2D eigenvalue weighted by atomic mass is 16.3. The third-order valence-corrected chi connectivity index (χ3v) is 3.26. The zero-order valence-corrected chi connectivity index (χ0v) is 11.3. The number of fused-ring (bicyclic) bond motifs is 1. The Kier molecular flexibility index (Phi) is 2.98. The van der Waals surface area contributed by atoms with E-state index in [4.69, 9.17) is 0 Å². The van der Waals surface area contributed by atoms with Gasteiger partial charge in [-0.1, -0.05) is 18.2 Å². The Hall–Kier alpha value is -2.63. The lowest BCUT2D eigenvalue weighted by Crippen LogP contribution is -2.03. The number of aryl methyl sites for hydroxylation is 2. The third-order valence-electron chi connectivity index (χ3n) is 3.26. The smallest absolute Gasteiger partial charge is 0.165 e. The highest BCUT2D eigenvalue weighted by Gasteiger charge is 2.09. The van der Waals surface area contributed by atoms with Crippen LogP contribution in [-0.4, -0.2) is 24.6 Å². The van der Waals surface area contributed by atoms with Crippen LogP contribution in [0.4, 0.5) is 5.82 Å². The van der Waals surface area contributed by atoms with Crippen molar-refractivity contribution in [1.82, 2.24) is 19.5 Å². The van der Waals surface area contributed by atoms with E-state index in [9.17, 15) is 5.11 Å². The molecule has 0 atom stereocenters. The van der Waals surface area contributed by atoms with Crippen molar-refractivity contribution in [3.63, 3.8) is 0 Å². The van der Waals surface area contributed by atoms with Crippen LogP contribution >= 0.6 is 0 Å². The molecule has 0 aliphatic heterocycles. The molecule has 2 aromatic heterocycles. The SMILES string of the molecule is Cc1cccc(CNc2ncnc3c2ncn3C)c1O. The molecule has 6 heteroatoms. The molecule has 2 N–H and O–H groups in total. The van der Waals surface area contributed by atoms with Gasteiger partial charge in [0.2, 0.25) is 0 Å². The molecule has 0 spiro atoms. The van der Waals surface area contributed by atoms with Gasteiger partial charge in [0.05, 0.1) is 6.33 Å². The number of imidazole rings is 1. The fourth-order valence-electron chi connectivity index (χ4n) is 2.12. The van der Waals surface area contributed by atoms with E-state index >= 15 is 0 Å². The van der Waals surface area contributed by atoms with E-state index < -0.39 is 0 Å². The van der Waals surface area contributed by atoms with Crippen LogP contribution in [0.3, 0.4) is 0 Å². The minimum atomic E-state index is 0.311.